The number of alkyl halides is 8. The van der Waals surface area contributed by atoms with Gasteiger partial charge < -0.3 is 23.7 Å². The number of carbonyl (C=O) groups is 4. The Morgan fingerprint density at radius 2 is 0.894 bits per heavy atom. The summed E-state index contributed by atoms with van der Waals surface area (Å²) in [7, 11) is 1.66. The Bertz CT molecular complexity index is 3220. The number of ether oxygens (including phenoxy) is 5. The van der Waals surface area contributed by atoms with Crippen molar-refractivity contribution in [3.63, 3.8) is 0 Å². The first kappa shape index (κ1) is 70.8. The average Bonchev–Trinajstić information content (AvgIpc) is 0.722. The molecule has 0 N–H and O–H groups in total. The molecule has 11 fully saturated rings. The van der Waals surface area contributed by atoms with Crippen molar-refractivity contribution in [2.24, 2.45) is 40.9 Å². The minimum absolute atomic E-state index is 0.0128. The molecular weight excluding hydrogens is 1220 g/mol. The van der Waals surface area contributed by atoms with Gasteiger partial charge in [0.2, 0.25) is 0 Å². The molecule has 8 unspecified atom stereocenters. The van der Waals surface area contributed by atoms with Crippen LogP contribution in [0, 0.1) is 61.7 Å². The molecule has 11 aliphatic carbocycles. The Labute approximate surface area is 549 Å². The third kappa shape index (κ3) is 16.7. The number of hydrogen-bond acceptors (Lipinski definition) is 9. The molecule has 17 heteroatoms. The number of rotatable bonds is 14. The zero-order valence-corrected chi connectivity index (χ0v) is 56.0. The van der Waals surface area contributed by atoms with Crippen LogP contribution in [0.2, 0.25) is 0 Å². The van der Waals surface area contributed by atoms with Crippen molar-refractivity contribution in [3.05, 3.63) is 136 Å². The van der Waals surface area contributed by atoms with Crippen LogP contribution in [-0.4, -0.2) is 79.1 Å². The van der Waals surface area contributed by atoms with Crippen molar-refractivity contribution >= 4 is 23.9 Å². The molecule has 0 heterocycles. The molecule has 0 aliphatic heterocycles. The lowest BCUT2D eigenvalue weighted by Gasteiger charge is -2.62. The van der Waals surface area contributed by atoms with Gasteiger partial charge in [0, 0.05) is 33.1 Å². The number of hydrogen-bond donors (Lipinski definition) is 0. The van der Waals surface area contributed by atoms with Crippen LogP contribution in [0.25, 0.3) is 0 Å². The van der Waals surface area contributed by atoms with Crippen molar-refractivity contribution in [2.45, 2.75) is 254 Å². The van der Waals surface area contributed by atoms with Crippen LogP contribution in [0.4, 0.5) is 35.1 Å². The number of carbonyl (C=O) groups excluding carboxylic acids is 4. The van der Waals surface area contributed by atoms with Gasteiger partial charge in [-0.05, 0) is 248 Å². The normalized spacial score (nSPS) is 32.1. The molecule has 4 aromatic carbocycles. The summed E-state index contributed by atoms with van der Waals surface area (Å²) in [5.41, 5.74) is 8.12. The summed E-state index contributed by atoms with van der Waals surface area (Å²) in [6.45, 7) is 8.74. The van der Waals surface area contributed by atoms with Crippen molar-refractivity contribution in [3.8, 4) is 5.75 Å². The van der Waals surface area contributed by atoms with Gasteiger partial charge in [-0.2, -0.15) is 35.1 Å². The summed E-state index contributed by atoms with van der Waals surface area (Å²) < 4.78 is 131. The lowest BCUT2D eigenvalue weighted by atomic mass is 9.43. The fourth-order valence-electron chi connectivity index (χ4n) is 19.2. The summed E-state index contributed by atoms with van der Waals surface area (Å²) in [5.74, 6) is -14.6. The Morgan fingerprint density at radius 1 is 0.457 bits per heavy atom. The molecule has 94 heavy (non-hydrogen) atoms. The van der Waals surface area contributed by atoms with Gasteiger partial charge in [-0.15, -0.1) is 0 Å². The van der Waals surface area contributed by atoms with Gasteiger partial charge in [0.1, 0.15) is 23.6 Å². The SMILES string of the molecule is COc1ccc(C23CC4CC(CC(COC(=O)C(C)(F)F)(C4)C2)C3)cc1.Cc1ccc(C23CC4CC(CC(OC(=O)C(C)(F)F)(C4)C2)C3)cc1.Cc1ccc(C2CCC(OC(=O)C(C)(F)F)CC2)cc1.Cc1ccc(C2CCCC3C(OC(=O)C(C)(F)F)CCCC23)cc1. The third-order valence-corrected chi connectivity index (χ3v) is 22.7. The summed E-state index contributed by atoms with van der Waals surface area (Å²) >= 11 is 0. The fraction of sp³-hybridized carbons (Fsp3) is 0.636. The van der Waals surface area contributed by atoms with E-state index in [-0.39, 0.29) is 41.0 Å². The van der Waals surface area contributed by atoms with Gasteiger partial charge >= 0.3 is 47.6 Å². The van der Waals surface area contributed by atoms with Gasteiger partial charge in [0.05, 0.1) is 13.7 Å². The molecule has 15 rings (SSSR count). The zero-order chi connectivity index (χ0) is 67.8. The van der Waals surface area contributed by atoms with E-state index in [1.54, 1.807) is 7.11 Å². The second-order valence-corrected chi connectivity index (χ2v) is 30.7. The fourth-order valence-corrected chi connectivity index (χ4v) is 19.2. The minimum atomic E-state index is -3.42. The minimum Gasteiger partial charge on any atom is -0.497 e. The van der Waals surface area contributed by atoms with Crippen LogP contribution < -0.4 is 4.74 Å². The van der Waals surface area contributed by atoms with Crippen molar-refractivity contribution < 1.29 is 78.0 Å². The predicted octanol–water partition coefficient (Wildman–Crippen LogP) is 19.0. The first-order valence-corrected chi connectivity index (χ1v) is 34.3. The summed E-state index contributed by atoms with van der Waals surface area (Å²) in [6, 6.07) is 33.9. The number of benzene rings is 4. The molecule has 8 atom stereocenters. The molecular formula is C77H96F8O9. The molecule has 0 saturated heterocycles. The number of esters is 4. The highest BCUT2D eigenvalue weighted by atomic mass is 19.3. The van der Waals surface area contributed by atoms with Crippen LogP contribution in [0.1, 0.15) is 220 Å². The average molecular weight is 1320 g/mol. The highest BCUT2D eigenvalue weighted by Gasteiger charge is 2.62. The molecule has 0 aromatic heterocycles. The zero-order valence-electron chi connectivity index (χ0n) is 56.0. The van der Waals surface area contributed by atoms with Crippen LogP contribution >= 0.6 is 0 Å². The Kier molecular flexibility index (Phi) is 21.0. The molecule has 11 aliphatic rings. The molecule has 514 valence electrons. The van der Waals surface area contributed by atoms with Gasteiger partial charge in [-0.3, -0.25) is 0 Å². The summed E-state index contributed by atoms with van der Waals surface area (Å²) in [6.07, 6.45) is 20.2. The molecule has 0 spiro atoms. The Balaban J connectivity index is 0.000000137. The third-order valence-electron chi connectivity index (χ3n) is 22.7. The second kappa shape index (κ2) is 27.9. The van der Waals surface area contributed by atoms with Gasteiger partial charge in [0.15, 0.2) is 0 Å². The molecule has 0 radical (unpaired) electrons. The lowest BCUT2D eigenvalue weighted by Crippen LogP contribution is -2.59. The van der Waals surface area contributed by atoms with E-state index in [2.05, 4.69) is 98.8 Å². The van der Waals surface area contributed by atoms with Crippen LogP contribution in [0.3, 0.4) is 0 Å². The maximum absolute atomic E-state index is 13.4. The largest absolute Gasteiger partial charge is 0.497 e. The molecule has 4 aromatic rings. The summed E-state index contributed by atoms with van der Waals surface area (Å²) in [5, 5.41) is 0. The molecule has 9 nitrogen and oxygen atoms in total. The highest BCUT2D eigenvalue weighted by Crippen LogP contribution is 2.67. The van der Waals surface area contributed by atoms with Crippen LogP contribution in [0.5, 0.6) is 5.75 Å². The van der Waals surface area contributed by atoms with Crippen molar-refractivity contribution in [1.29, 1.82) is 0 Å². The Morgan fingerprint density at radius 3 is 1.39 bits per heavy atom. The highest BCUT2D eigenvalue weighted by molar-refractivity contribution is 5.78. The molecule has 0 amide bonds. The van der Waals surface area contributed by atoms with E-state index in [0.29, 0.717) is 94.8 Å². The van der Waals surface area contributed by atoms with Crippen molar-refractivity contribution in [1.82, 2.24) is 0 Å². The Hall–Kier alpha value is -6.00. The van der Waals surface area contributed by atoms with Crippen molar-refractivity contribution in [2.75, 3.05) is 13.7 Å². The number of aryl methyl sites for hydroxylation is 3. The first-order chi connectivity index (χ1) is 44.2. The smallest absolute Gasteiger partial charge is 0.377 e. The van der Waals surface area contributed by atoms with E-state index in [4.69, 9.17) is 23.7 Å². The topological polar surface area (TPSA) is 114 Å². The van der Waals surface area contributed by atoms with Crippen LogP contribution in [-0.2, 0) is 49.0 Å². The maximum Gasteiger partial charge on any atom is 0.377 e. The van der Waals surface area contributed by atoms with Gasteiger partial charge in [-0.25, -0.2) is 19.2 Å². The quantitative estimate of drug-likeness (QED) is 0.0691. The molecule has 11 saturated carbocycles. The van der Waals surface area contributed by atoms with E-state index in [0.717, 1.165) is 115 Å². The summed E-state index contributed by atoms with van der Waals surface area (Å²) in [4.78, 5) is 46.2. The number of methoxy groups -OCH3 is 1. The first-order valence-electron chi connectivity index (χ1n) is 34.3. The van der Waals surface area contributed by atoms with E-state index in [1.807, 2.05) is 19.1 Å². The molecule has 8 bridgehead atoms. The number of halogens is 8. The van der Waals surface area contributed by atoms with E-state index < -0.39 is 53.2 Å². The predicted molar refractivity (Wildman–Crippen MR) is 342 cm³/mol. The van der Waals surface area contributed by atoms with E-state index >= 15 is 0 Å². The van der Waals surface area contributed by atoms with Gasteiger partial charge in [-0.1, -0.05) is 108 Å². The van der Waals surface area contributed by atoms with E-state index in [9.17, 15) is 54.3 Å². The van der Waals surface area contributed by atoms with Gasteiger partial charge in [0.25, 0.3) is 0 Å². The van der Waals surface area contributed by atoms with E-state index in [1.165, 1.54) is 45.4 Å². The lowest BCUT2D eigenvalue weighted by molar-refractivity contribution is -0.211. The number of fused-ring (bicyclic) bond motifs is 1. The second-order valence-electron chi connectivity index (χ2n) is 30.7. The van der Waals surface area contributed by atoms with Crippen LogP contribution in [0.15, 0.2) is 97.1 Å². The maximum atomic E-state index is 13.4. The standard InChI is InChI=1S/C21H26F2O3.C20H24F2O2.C20H26F2O2.C16H20F2O2/c1-19(22,23)18(24)26-13-20-8-14-7-15(9-20)11-21(10-14,12-20)16-3-5-17(25-2)6-4-16;1-13-3-5-16(6-4-13)19-8-14-7-15(9-19)11-20(10-14,12-19)24-17(23)18(2,21)22;1-13-9-11-14(12-10-13)15-5-3-7-17-16(15)6-4-8-18(17)24-19(23)20(2,21)22;1-11-3-5-12(6-4-11)13-7-9-14(10-8-13)20-15(19)16(2,17)18/h3-6,14-15H,7-13H2,1-2H3;3-6,14-15H,7-12H2,1-2H3;9-12,15-18H,3-8H2,1-2H3;3-6,13-14H,7-10H2,1-2H3. The monoisotopic (exact) mass is 1320 g/mol.